The Morgan fingerprint density at radius 2 is 1.90 bits per heavy atom. The topological polar surface area (TPSA) is 61.9 Å². The molecule has 1 aromatic carbocycles. The maximum absolute atomic E-state index is 12.8. The molecule has 0 spiro atoms. The van der Waals surface area contributed by atoms with Crippen LogP contribution in [0.25, 0.3) is 0 Å². The molecule has 1 N–H and O–H groups in total. The summed E-state index contributed by atoms with van der Waals surface area (Å²) in [5.74, 6) is -0.139. The zero-order chi connectivity index (χ0) is 20.1. The lowest BCUT2D eigenvalue weighted by Gasteiger charge is -2.31. The number of hydrogen-bond donors (Lipinski definition) is 1. The quantitative estimate of drug-likeness (QED) is 0.818. The van der Waals surface area contributed by atoms with Crippen molar-refractivity contribution in [2.24, 2.45) is 5.92 Å². The zero-order valence-corrected chi connectivity index (χ0v) is 17.3. The van der Waals surface area contributed by atoms with E-state index >= 15 is 0 Å². The van der Waals surface area contributed by atoms with Gasteiger partial charge in [0.05, 0.1) is 24.0 Å². The van der Waals surface area contributed by atoms with Crippen LogP contribution in [0.4, 0.5) is 5.69 Å². The first kappa shape index (κ1) is 20.1. The maximum atomic E-state index is 12.8. The molecule has 0 bridgehead atoms. The number of benzene rings is 1. The van der Waals surface area contributed by atoms with E-state index in [0.717, 1.165) is 62.8 Å². The van der Waals surface area contributed by atoms with Gasteiger partial charge in [-0.3, -0.25) is 14.5 Å². The third-order valence-electron chi connectivity index (χ3n) is 5.54. The molecule has 29 heavy (non-hydrogen) atoms. The van der Waals surface area contributed by atoms with Gasteiger partial charge in [0.15, 0.2) is 0 Å². The number of carbonyl (C=O) groups excluding carboxylic acids is 2. The van der Waals surface area contributed by atoms with Crippen LogP contribution < -0.4 is 5.32 Å². The van der Waals surface area contributed by atoms with Gasteiger partial charge in [-0.2, -0.15) is 0 Å². The molecule has 154 valence electrons. The van der Waals surface area contributed by atoms with Gasteiger partial charge in [0.2, 0.25) is 5.91 Å². The molecule has 1 aromatic heterocycles. The van der Waals surface area contributed by atoms with E-state index in [4.69, 9.17) is 4.74 Å². The van der Waals surface area contributed by atoms with Gasteiger partial charge in [0.25, 0.3) is 5.91 Å². The van der Waals surface area contributed by atoms with Crippen molar-refractivity contribution in [1.82, 2.24) is 9.80 Å². The third kappa shape index (κ3) is 5.23. The Morgan fingerprint density at radius 3 is 2.62 bits per heavy atom. The van der Waals surface area contributed by atoms with Crippen LogP contribution in [0, 0.1) is 5.92 Å². The number of amides is 2. The van der Waals surface area contributed by atoms with Gasteiger partial charge in [-0.1, -0.05) is 18.2 Å². The normalized spacial score (nSPS) is 20.4. The van der Waals surface area contributed by atoms with Crippen molar-refractivity contribution in [1.29, 1.82) is 0 Å². The van der Waals surface area contributed by atoms with Gasteiger partial charge >= 0.3 is 0 Å². The van der Waals surface area contributed by atoms with Crippen LogP contribution in [-0.4, -0.2) is 61.0 Å². The van der Waals surface area contributed by atoms with Crippen LogP contribution in [0.1, 0.15) is 28.1 Å². The molecule has 2 aliphatic heterocycles. The van der Waals surface area contributed by atoms with Crippen molar-refractivity contribution in [2.75, 3.05) is 44.7 Å². The smallest absolute Gasteiger partial charge is 0.263 e. The minimum atomic E-state index is -0.166. The number of ether oxygens (including phenoxy) is 1. The first-order chi connectivity index (χ1) is 14.2. The number of hydrogen-bond acceptors (Lipinski definition) is 5. The molecule has 1 unspecified atom stereocenters. The molecule has 7 heteroatoms. The molecule has 3 heterocycles. The van der Waals surface area contributed by atoms with Crippen LogP contribution in [-0.2, 0) is 16.1 Å². The monoisotopic (exact) mass is 413 g/mol. The van der Waals surface area contributed by atoms with Gasteiger partial charge in [0.1, 0.15) is 0 Å². The van der Waals surface area contributed by atoms with Crippen LogP contribution in [0.5, 0.6) is 0 Å². The maximum Gasteiger partial charge on any atom is 0.263 e. The number of thiophene rings is 1. The molecule has 0 radical (unpaired) electrons. The first-order valence-electron chi connectivity index (χ1n) is 10.2. The van der Waals surface area contributed by atoms with Gasteiger partial charge in [0, 0.05) is 38.4 Å². The van der Waals surface area contributed by atoms with E-state index in [0.29, 0.717) is 6.54 Å². The molecule has 2 amide bonds. The van der Waals surface area contributed by atoms with E-state index in [-0.39, 0.29) is 17.7 Å². The molecular formula is C22H27N3O3S. The summed E-state index contributed by atoms with van der Waals surface area (Å²) in [5, 5.41) is 4.94. The standard InChI is InChI=1S/C22H27N3O3S/c26-21(18-3-1-9-25(16-18)22(27)20-4-2-14-29-20)23-19-7-5-17(6-8-19)15-24-10-12-28-13-11-24/h2,4-8,14,18H,1,3,9-13,15-16H2,(H,23,26). The number of carbonyl (C=O) groups is 2. The summed E-state index contributed by atoms with van der Waals surface area (Å²) in [4.78, 5) is 30.3. The molecule has 2 saturated heterocycles. The van der Waals surface area contributed by atoms with Crippen molar-refractivity contribution < 1.29 is 14.3 Å². The van der Waals surface area contributed by atoms with E-state index in [1.807, 2.05) is 34.5 Å². The number of piperidine rings is 1. The van der Waals surface area contributed by atoms with Crippen LogP contribution in [0.15, 0.2) is 41.8 Å². The van der Waals surface area contributed by atoms with E-state index < -0.39 is 0 Å². The summed E-state index contributed by atoms with van der Waals surface area (Å²) in [6.45, 7) is 5.61. The summed E-state index contributed by atoms with van der Waals surface area (Å²) in [5.41, 5.74) is 2.04. The Balaban J connectivity index is 1.30. The third-order valence-corrected chi connectivity index (χ3v) is 6.40. The van der Waals surface area contributed by atoms with Gasteiger partial charge in [-0.05, 0) is 42.0 Å². The van der Waals surface area contributed by atoms with Gasteiger partial charge in [-0.25, -0.2) is 0 Å². The lowest BCUT2D eigenvalue weighted by molar-refractivity contribution is -0.121. The van der Waals surface area contributed by atoms with Crippen molar-refractivity contribution >= 4 is 28.8 Å². The highest BCUT2D eigenvalue weighted by Gasteiger charge is 2.29. The van der Waals surface area contributed by atoms with Gasteiger partial charge in [-0.15, -0.1) is 11.3 Å². The predicted molar refractivity (Wildman–Crippen MR) is 114 cm³/mol. The number of nitrogens with zero attached hydrogens (tertiary/aromatic N) is 2. The molecule has 0 aliphatic carbocycles. The molecule has 6 nitrogen and oxygen atoms in total. The van der Waals surface area contributed by atoms with Gasteiger partial charge < -0.3 is 15.0 Å². The van der Waals surface area contributed by atoms with E-state index in [1.165, 1.54) is 16.9 Å². The number of morpholine rings is 1. The average Bonchev–Trinajstić information content (AvgIpc) is 3.30. The molecule has 1 atom stereocenters. The fraction of sp³-hybridized carbons (Fsp3) is 0.455. The van der Waals surface area contributed by atoms with Crippen molar-refractivity contribution in [3.05, 3.63) is 52.2 Å². The Labute approximate surface area is 175 Å². The number of anilines is 1. The molecule has 0 saturated carbocycles. The molecule has 4 rings (SSSR count). The fourth-order valence-corrected chi connectivity index (χ4v) is 4.58. The molecule has 2 aliphatic rings. The zero-order valence-electron chi connectivity index (χ0n) is 16.5. The Morgan fingerprint density at radius 1 is 1.10 bits per heavy atom. The number of rotatable bonds is 5. The fourth-order valence-electron chi connectivity index (χ4n) is 3.89. The van der Waals surface area contributed by atoms with Crippen LogP contribution in [0.2, 0.25) is 0 Å². The Kier molecular flexibility index (Phi) is 6.59. The van der Waals surface area contributed by atoms with Crippen molar-refractivity contribution in [3.8, 4) is 0 Å². The number of likely N-dealkylation sites (tertiary alicyclic amines) is 1. The molecule has 2 aromatic rings. The minimum Gasteiger partial charge on any atom is -0.379 e. The lowest BCUT2D eigenvalue weighted by Crippen LogP contribution is -2.43. The molecule has 2 fully saturated rings. The van der Waals surface area contributed by atoms with Crippen molar-refractivity contribution in [3.63, 3.8) is 0 Å². The summed E-state index contributed by atoms with van der Waals surface area (Å²) >= 11 is 1.45. The SMILES string of the molecule is O=C(Nc1ccc(CN2CCOCC2)cc1)C1CCCN(C(=O)c2cccs2)C1. The largest absolute Gasteiger partial charge is 0.379 e. The van der Waals surface area contributed by atoms with E-state index in [9.17, 15) is 9.59 Å². The summed E-state index contributed by atoms with van der Waals surface area (Å²) in [6, 6.07) is 11.8. The van der Waals surface area contributed by atoms with E-state index in [1.54, 1.807) is 0 Å². The highest BCUT2D eigenvalue weighted by Crippen LogP contribution is 2.22. The van der Waals surface area contributed by atoms with Crippen LogP contribution in [0.3, 0.4) is 0 Å². The number of nitrogens with one attached hydrogen (secondary N) is 1. The summed E-state index contributed by atoms with van der Waals surface area (Å²) < 4.78 is 5.39. The average molecular weight is 414 g/mol. The summed E-state index contributed by atoms with van der Waals surface area (Å²) in [7, 11) is 0. The lowest BCUT2D eigenvalue weighted by atomic mass is 9.96. The van der Waals surface area contributed by atoms with Crippen molar-refractivity contribution in [2.45, 2.75) is 19.4 Å². The Bertz CT molecular complexity index is 816. The second-order valence-electron chi connectivity index (χ2n) is 7.64. The van der Waals surface area contributed by atoms with E-state index in [2.05, 4.69) is 22.3 Å². The second-order valence-corrected chi connectivity index (χ2v) is 8.59. The highest BCUT2D eigenvalue weighted by molar-refractivity contribution is 7.12. The van der Waals surface area contributed by atoms with Crippen LogP contribution >= 0.6 is 11.3 Å². The molecular weight excluding hydrogens is 386 g/mol. The predicted octanol–water partition coefficient (Wildman–Crippen LogP) is 3.07. The first-order valence-corrected chi connectivity index (χ1v) is 11.1. The summed E-state index contributed by atoms with van der Waals surface area (Å²) in [6.07, 6.45) is 1.67. The highest BCUT2D eigenvalue weighted by atomic mass is 32.1. The minimum absolute atomic E-state index is 0.00499. The second kappa shape index (κ2) is 9.52. The Hall–Kier alpha value is -2.22.